The molecular weight excluding hydrogens is 462 g/mol. The van der Waals surface area contributed by atoms with Crippen molar-refractivity contribution < 1.29 is 4.79 Å². The average Bonchev–Trinajstić information content (AvgIpc) is 3.50. The Morgan fingerprint density at radius 1 is 0.946 bits per heavy atom. The summed E-state index contributed by atoms with van der Waals surface area (Å²) in [6.07, 6.45) is 6.16. The van der Waals surface area contributed by atoms with E-state index in [1.165, 1.54) is 0 Å². The van der Waals surface area contributed by atoms with Crippen LogP contribution in [0.1, 0.15) is 25.3 Å². The van der Waals surface area contributed by atoms with Crippen LogP contribution in [0, 0.1) is 6.92 Å². The highest BCUT2D eigenvalue weighted by Crippen LogP contribution is 2.36. The molecule has 0 unspecified atom stereocenters. The highest BCUT2D eigenvalue weighted by Gasteiger charge is 2.40. The standard InChI is InChI=1S/C29H29N7O/c1-18-6-4-8-24-28(23-7-5-9-26-25(23)17-33(3)31-26)32-36(29(18)24)20-12-13-27(30-14-20)35-16-21-10-11-22(35)15-34(21)19(2)37/h4-9,12-14,17,21-22H,10-11,15-16H2,1-3H3/t21-,22-/m0/s1. The molecule has 6 heterocycles. The molecule has 2 aromatic carbocycles. The summed E-state index contributed by atoms with van der Waals surface area (Å²) in [7, 11) is 1.95. The van der Waals surface area contributed by atoms with Crippen LogP contribution in [0.15, 0.2) is 60.9 Å². The maximum Gasteiger partial charge on any atom is 0.219 e. The number of piperazine rings is 1. The summed E-state index contributed by atoms with van der Waals surface area (Å²) >= 11 is 0. The largest absolute Gasteiger partial charge is 0.350 e. The first-order valence-corrected chi connectivity index (χ1v) is 12.9. The number of carbonyl (C=O) groups excluding carboxylic acids is 1. The number of aromatic nitrogens is 5. The second-order valence-corrected chi connectivity index (χ2v) is 10.4. The molecule has 3 fully saturated rings. The molecule has 2 atom stereocenters. The monoisotopic (exact) mass is 491 g/mol. The van der Waals surface area contributed by atoms with Gasteiger partial charge in [-0.25, -0.2) is 9.67 Å². The summed E-state index contributed by atoms with van der Waals surface area (Å²) in [5.41, 5.74) is 6.15. The zero-order valence-corrected chi connectivity index (χ0v) is 21.3. The number of fused-ring (bicyclic) bond motifs is 5. The van der Waals surface area contributed by atoms with Crippen molar-refractivity contribution in [3.8, 4) is 16.9 Å². The fourth-order valence-corrected chi connectivity index (χ4v) is 6.26. The second-order valence-electron chi connectivity index (χ2n) is 10.4. The van der Waals surface area contributed by atoms with Gasteiger partial charge in [-0.15, -0.1) is 0 Å². The van der Waals surface area contributed by atoms with Crippen molar-refractivity contribution >= 4 is 33.5 Å². The number of benzene rings is 2. The third kappa shape index (κ3) is 3.43. The van der Waals surface area contributed by atoms with E-state index >= 15 is 0 Å². The van der Waals surface area contributed by atoms with Gasteiger partial charge < -0.3 is 9.80 Å². The van der Waals surface area contributed by atoms with Crippen LogP contribution < -0.4 is 4.90 Å². The first-order chi connectivity index (χ1) is 18.0. The molecule has 186 valence electrons. The molecule has 3 aliphatic heterocycles. The van der Waals surface area contributed by atoms with Gasteiger partial charge >= 0.3 is 0 Å². The van der Waals surface area contributed by atoms with Gasteiger partial charge in [0.05, 0.1) is 22.9 Å². The number of hydrogen-bond donors (Lipinski definition) is 0. The number of carbonyl (C=O) groups is 1. The molecule has 0 radical (unpaired) electrons. The number of para-hydroxylation sites is 1. The van der Waals surface area contributed by atoms with Crippen LogP contribution in [-0.2, 0) is 11.8 Å². The highest BCUT2D eigenvalue weighted by molar-refractivity contribution is 6.03. The lowest BCUT2D eigenvalue weighted by atomic mass is 9.90. The molecule has 8 nitrogen and oxygen atoms in total. The Kier molecular flexibility index (Phi) is 4.86. The predicted octanol–water partition coefficient (Wildman–Crippen LogP) is 4.48. The third-order valence-corrected chi connectivity index (χ3v) is 8.03. The van der Waals surface area contributed by atoms with E-state index < -0.39 is 0 Å². The summed E-state index contributed by atoms with van der Waals surface area (Å²) in [6.45, 7) is 5.44. The van der Waals surface area contributed by atoms with Crippen LogP contribution in [0.2, 0.25) is 0 Å². The van der Waals surface area contributed by atoms with Crippen molar-refractivity contribution in [3.63, 3.8) is 0 Å². The Balaban J connectivity index is 1.29. The van der Waals surface area contributed by atoms with Gasteiger partial charge in [-0.2, -0.15) is 10.2 Å². The molecule has 8 rings (SSSR count). The Morgan fingerprint density at radius 2 is 1.78 bits per heavy atom. The van der Waals surface area contributed by atoms with Crippen LogP contribution in [0.25, 0.3) is 38.8 Å². The Morgan fingerprint density at radius 3 is 2.54 bits per heavy atom. The van der Waals surface area contributed by atoms with Crippen molar-refractivity contribution in [2.75, 3.05) is 18.0 Å². The van der Waals surface area contributed by atoms with Gasteiger partial charge in [0.15, 0.2) is 0 Å². The van der Waals surface area contributed by atoms with Crippen LogP contribution in [0.5, 0.6) is 0 Å². The maximum absolute atomic E-state index is 12.0. The van der Waals surface area contributed by atoms with Gasteiger partial charge in [0.1, 0.15) is 11.5 Å². The van der Waals surface area contributed by atoms with E-state index in [2.05, 4.69) is 59.5 Å². The second kappa shape index (κ2) is 8.16. The van der Waals surface area contributed by atoms with E-state index in [0.29, 0.717) is 6.04 Å². The predicted molar refractivity (Wildman–Crippen MR) is 145 cm³/mol. The third-order valence-electron chi connectivity index (χ3n) is 8.03. The SMILES string of the molecule is CC(=O)N1C[C@@H]2CC[C@H]1CN2c1ccc(-n2nc(-c3cccc4nn(C)cc34)c3cccc(C)c32)cn1. The Bertz CT molecular complexity index is 1670. The molecule has 3 aromatic heterocycles. The molecule has 0 saturated carbocycles. The number of nitrogens with zero attached hydrogens (tertiary/aromatic N) is 7. The molecule has 0 N–H and O–H groups in total. The van der Waals surface area contributed by atoms with Crippen molar-refractivity contribution in [1.29, 1.82) is 0 Å². The van der Waals surface area contributed by atoms with Crippen molar-refractivity contribution in [2.24, 2.45) is 7.05 Å². The zero-order valence-electron chi connectivity index (χ0n) is 21.3. The number of piperidine rings is 2. The van der Waals surface area contributed by atoms with Crippen LogP contribution in [-0.4, -0.2) is 60.5 Å². The lowest BCUT2D eigenvalue weighted by Gasteiger charge is -2.51. The summed E-state index contributed by atoms with van der Waals surface area (Å²) in [4.78, 5) is 21.3. The Hall–Kier alpha value is -4.20. The van der Waals surface area contributed by atoms with E-state index in [0.717, 1.165) is 76.1 Å². The number of aryl methyl sites for hydroxylation is 2. The molecule has 5 aromatic rings. The minimum Gasteiger partial charge on any atom is -0.350 e. The number of amides is 1. The molecule has 8 heteroatoms. The lowest BCUT2D eigenvalue weighted by Crippen LogP contribution is -2.64. The van der Waals surface area contributed by atoms with Crippen molar-refractivity contribution in [3.05, 3.63) is 66.5 Å². The van der Waals surface area contributed by atoms with Gasteiger partial charge in [0, 0.05) is 61.7 Å². The molecule has 3 saturated heterocycles. The average molecular weight is 492 g/mol. The van der Waals surface area contributed by atoms with Crippen LogP contribution in [0.4, 0.5) is 5.82 Å². The van der Waals surface area contributed by atoms with Crippen molar-refractivity contribution in [1.82, 2.24) is 29.4 Å². The van der Waals surface area contributed by atoms with Crippen LogP contribution in [0.3, 0.4) is 0 Å². The fourth-order valence-electron chi connectivity index (χ4n) is 6.26. The summed E-state index contributed by atoms with van der Waals surface area (Å²) < 4.78 is 3.87. The van der Waals surface area contributed by atoms with Gasteiger partial charge in [-0.05, 0) is 43.5 Å². The fraction of sp³-hybridized carbons (Fsp3) is 0.310. The molecule has 0 spiro atoms. The molecule has 0 aliphatic carbocycles. The van der Waals surface area contributed by atoms with E-state index in [1.807, 2.05) is 39.6 Å². The van der Waals surface area contributed by atoms with E-state index in [1.54, 1.807) is 6.92 Å². The molecule has 37 heavy (non-hydrogen) atoms. The van der Waals surface area contributed by atoms with Gasteiger partial charge in [0.25, 0.3) is 0 Å². The van der Waals surface area contributed by atoms with E-state index in [4.69, 9.17) is 10.1 Å². The van der Waals surface area contributed by atoms with Gasteiger partial charge in [0.2, 0.25) is 5.91 Å². The van der Waals surface area contributed by atoms with Gasteiger partial charge in [-0.1, -0.05) is 30.3 Å². The maximum atomic E-state index is 12.0. The minimum absolute atomic E-state index is 0.177. The number of anilines is 1. The molecular formula is C29H29N7O. The first-order valence-electron chi connectivity index (χ1n) is 12.9. The molecule has 2 bridgehead atoms. The lowest BCUT2D eigenvalue weighted by molar-refractivity contribution is -0.133. The minimum atomic E-state index is 0.177. The van der Waals surface area contributed by atoms with E-state index in [-0.39, 0.29) is 11.9 Å². The zero-order chi connectivity index (χ0) is 25.3. The van der Waals surface area contributed by atoms with Crippen LogP contribution >= 0.6 is 0 Å². The van der Waals surface area contributed by atoms with Crippen molar-refractivity contribution in [2.45, 2.75) is 38.8 Å². The molecule has 3 aliphatic rings. The normalized spacial score (nSPS) is 19.3. The highest BCUT2D eigenvalue weighted by atomic mass is 16.2. The topological polar surface area (TPSA) is 72.1 Å². The Labute approximate surface area is 215 Å². The summed E-state index contributed by atoms with van der Waals surface area (Å²) in [5, 5.41) is 11.9. The number of rotatable bonds is 3. The molecule has 1 amide bonds. The summed E-state index contributed by atoms with van der Waals surface area (Å²) in [5.74, 6) is 1.14. The van der Waals surface area contributed by atoms with E-state index in [9.17, 15) is 4.79 Å². The quantitative estimate of drug-likeness (QED) is 0.372. The van der Waals surface area contributed by atoms with Gasteiger partial charge in [-0.3, -0.25) is 9.48 Å². The number of hydrogen-bond acceptors (Lipinski definition) is 5. The number of pyridine rings is 1. The first kappa shape index (κ1) is 22.0. The summed E-state index contributed by atoms with van der Waals surface area (Å²) in [6, 6.07) is 17.4. The smallest absolute Gasteiger partial charge is 0.219 e.